The summed E-state index contributed by atoms with van der Waals surface area (Å²) >= 11 is 0. The van der Waals surface area contributed by atoms with Gasteiger partial charge in [0.1, 0.15) is 6.61 Å². The highest BCUT2D eigenvalue weighted by Gasteiger charge is 2.26. The SMILES string of the molecule is CCCCC(CC)C(=O)OCC(CO)OC(=O)C(OC)=C(OC)c1ccccc1. The Hall–Kier alpha value is -2.54. The van der Waals surface area contributed by atoms with E-state index in [1.54, 1.807) is 24.3 Å². The van der Waals surface area contributed by atoms with Crippen molar-refractivity contribution in [2.24, 2.45) is 5.92 Å². The molecule has 0 spiro atoms. The van der Waals surface area contributed by atoms with Crippen LogP contribution in [0.4, 0.5) is 0 Å². The van der Waals surface area contributed by atoms with Gasteiger partial charge in [0, 0.05) is 5.56 Å². The fraction of sp³-hybridized carbons (Fsp3) is 0.545. The van der Waals surface area contributed by atoms with E-state index in [2.05, 4.69) is 6.92 Å². The molecule has 0 bridgehead atoms. The van der Waals surface area contributed by atoms with Crippen LogP contribution in [0.15, 0.2) is 36.1 Å². The van der Waals surface area contributed by atoms with E-state index in [0.29, 0.717) is 12.0 Å². The molecule has 29 heavy (non-hydrogen) atoms. The highest BCUT2D eigenvalue weighted by Crippen LogP contribution is 2.21. The van der Waals surface area contributed by atoms with Crippen molar-refractivity contribution in [2.45, 2.75) is 45.6 Å². The number of carbonyl (C=O) groups excluding carboxylic acids is 2. The summed E-state index contributed by atoms with van der Waals surface area (Å²) < 4.78 is 21.0. The zero-order valence-electron chi connectivity index (χ0n) is 17.7. The Labute approximate surface area is 172 Å². The van der Waals surface area contributed by atoms with Gasteiger partial charge in [0.25, 0.3) is 0 Å². The predicted molar refractivity (Wildman–Crippen MR) is 109 cm³/mol. The summed E-state index contributed by atoms with van der Waals surface area (Å²) in [6.45, 7) is 3.27. The van der Waals surface area contributed by atoms with E-state index in [1.165, 1.54) is 14.2 Å². The van der Waals surface area contributed by atoms with Crippen LogP contribution < -0.4 is 0 Å². The standard InChI is InChI=1S/C22H32O7/c1-5-7-11-16(6-2)21(24)28-15-18(14-23)29-22(25)20(27-4)19(26-3)17-12-9-8-10-13-17/h8-10,12-13,16,18,23H,5-7,11,14-15H2,1-4H3. The van der Waals surface area contributed by atoms with Crippen molar-refractivity contribution in [2.75, 3.05) is 27.4 Å². The molecule has 2 unspecified atom stereocenters. The monoisotopic (exact) mass is 408 g/mol. The van der Waals surface area contributed by atoms with Crippen molar-refractivity contribution >= 4 is 17.7 Å². The van der Waals surface area contributed by atoms with Crippen LogP contribution in [0.25, 0.3) is 5.76 Å². The quantitative estimate of drug-likeness (QED) is 0.304. The van der Waals surface area contributed by atoms with Gasteiger partial charge in [0.05, 0.1) is 26.7 Å². The molecule has 2 atom stereocenters. The van der Waals surface area contributed by atoms with E-state index >= 15 is 0 Å². The number of aliphatic hydroxyl groups excluding tert-OH is 1. The molecule has 1 rings (SSSR count). The topological polar surface area (TPSA) is 91.3 Å². The fourth-order valence-corrected chi connectivity index (χ4v) is 2.76. The number of esters is 2. The van der Waals surface area contributed by atoms with Crippen LogP contribution in [0.3, 0.4) is 0 Å². The van der Waals surface area contributed by atoms with Crippen LogP contribution in [0.2, 0.25) is 0 Å². The minimum atomic E-state index is -1.01. The molecule has 0 radical (unpaired) electrons. The van der Waals surface area contributed by atoms with E-state index in [1.807, 2.05) is 13.0 Å². The number of methoxy groups -OCH3 is 2. The molecule has 0 saturated carbocycles. The highest BCUT2D eigenvalue weighted by molar-refractivity contribution is 5.94. The second-order valence-electron chi connectivity index (χ2n) is 6.52. The number of hydrogen-bond acceptors (Lipinski definition) is 7. The van der Waals surface area contributed by atoms with Gasteiger partial charge in [-0.25, -0.2) is 4.79 Å². The summed E-state index contributed by atoms with van der Waals surface area (Å²) in [4.78, 5) is 24.8. The molecule has 0 aliphatic carbocycles. The van der Waals surface area contributed by atoms with Crippen LogP contribution in [0.1, 0.15) is 45.1 Å². The maximum Gasteiger partial charge on any atom is 0.378 e. The normalized spacial score (nSPS) is 13.7. The lowest BCUT2D eigenvalue weighted by molar-refractivity contribution is -0.163. The molecule has 7 heteroatoms. The van der Waals surface area contributed by atoms with Crippen LogP contribution >= 0.6 is 0 Å². The minimum absolute atomic E-state index is 0.141. The third kappa shape index (κ3) is 7.77. The third-order valence-corrected chi connectivity index (χ3v) is 4.46. The van der Waals surface area contributed by atoms with Crippen molar-refractivity contribution in [1.82, 2.24) is 0 Å². The summed E-state index contributed by atoms with van der Waals surface area (Å²) in [5, 5.41) is 9.54. The molecule has 0 aliphatic heterocycles. The number of carbonyl (C=O) groups is 2. The zero-order chi connectivity index (χ0) is 21.6. The van der Waals surface area contributed by atoms with Crippen molar-refractivity contribution in [3.05, 3.63) is 41.7 Å². The van der Waals surface area contributed by atoms with Crippen LogP contribution in [-0.2, 0) is 28.5 Å². The second-order valence-corrected chi connectivity index (χ2v) is 6.52. The van der Waals surface area contributed by atoms with Gasteiger partial charge in [-0.15, -0.1) is 0 Å². The van der Waals surface area contributed by atoms with E-state index in [4.69, 9.17) is 18.9 Å². The molecule has 1 aromatic carbocycles. The molecular weight excluding hydrogens is 376 g/mol. The van der Waals surface area contributed by atoms with Crippen molar-refractivity contribution in [1.29, 1.82) is 0 Å². The number of aliphatic hydroxyl groups is 1. The third-order valence-electron chi connectivity index (χ3n) is 4.46. The maximum atomic E-state index is 12.6. The molecular formula is C22H32O7. The van der Waals surface area contributed by atoms with Gasteiger partial charge < -0.3 is 24.1 Å². The average Bonchev–Trinajstić information content (AvgIpc) is 2.75. The molecule has 0 aliphatic rings. The Balaban J connectivity index is 2.80. The molecule has 162 valence electrons. The lowest BCUT2D eigenvalue weighted by atomic mass is 10.00. The van der Waals surface area contributed by atoms with Gasteiger partial charge in [-0.1, -0.05) is 57.0 Å². The molecule has 1 aromatic rings. The van der Waals surface area contributed by atoms with E-state index in [-0.39, 0.29) is 30.0 Å². The van der Waals surface area contributed by atoms with Crippen LogP contribution in [-0.4, -0.2) is 50.6 Å². The van der Waals surface area contributed by atoms with Gasteiger partial charge in [0.15, 0.2) is 11.9 Å². The number of rotatable bonds is 13. The average molecular weight is 408 g/mol. The van der Waals surface area contributed by atoms with E-state index < -0.39 is 18.7 Å². The Morgan fingerprint density at radius 3 is 2.28 bits per heavy atom. The molecule has 0 aromatic heterocycles. The highest BCUT2D eigenvalue weighted by atomic mass is 16.6. The van der Waals surface area contributed by atoms with Crippen LogP contribution in [0.5, 0.6) is 0 Å². The first kappa shape index (κ1) is 24.5. The summed E-state index contributed by atoms with van der Waals surface area (Å²) in [5.74, 6) is -1.30. The first-order valence-corrected chi connectivity index (χ1v) is 9.88. The van der Waals surface area contributed by atoms with Crippen molar-refractivity contribution in [3.63, 3.8) is 0 Å². The Morgan fingerprint density at radius 1 is 1.07 bits per heavy atom. The molecule has 7 nitrogen and oxygen atoms in total. The van der Waals surface area contributed by atoms with Gasteiger partial charge in [-0.05, 0) is 12.8 Å². The molecule has 0 fully saturated rings. The van der Waals surface area contributed by atoms with Crippen molar-refractivity contribution in [3.8, 4) is 0 Å². The van der Waals surface area contributed by atoms with Gasteiger partial charge in [-0.2, -0.15) is 0 Å². The number of hydrogen-bond donors (Lipinski definition) is 1. The number of ether oxygens (including phenoxy) is 4. The van der Waals surface area contributed by atoms with Gasteiger partial charge in [0.2, 0.25) is 5.76 Å². The van der Waals surface area contributed by atoms with Crippen molar-refractivity contribution < 1.29 is 33.6 Å². The Bertz CT molecular complexity index is 654. The van der Waals surface area contributed by atoms with Gasteiger partial charge >= 0.3 is 11.9 Å². The lowest BCUT2D eigenvalue weighted by Gasteiger charge is -2.19. The first-order valence-electron chi connectivity index (χ1n) is 9.88. The minimum Gasteiger partial charge on any atom is -0.492 e. The van der Waals surface area contributed by atoms with Gasteiger partial charge in [-0.3, -0.25) is 4.79 Å². The molecule has 0 heterocycles. The van der Waals surface area contributed by atoms with E-state index in [0.717, 1.165) is 19.3 Å². The number of benzene rings is 1. The smallest absolute Gasteiger partial charge is 0.378 e. The maximum absolute atomic E-state index is 12.6. The molecule has 0 saturated heterocycles. The summed E-state index contributed by atoms with van der Waals surface area (Å²) in [6.07, 6.45) is 2.35. The van der Waals surface area contributed by atoms with E-state index in [9.17, 15) is 14.7 Å². The zero-order valence-corrected chi connectivity index (χ0v) is 17.7. The summed E-state index contributed by atoms with van der Waals surface area (Å²) in [6, 6.07) is 8.95. The number of unbranched alkanes of at least 4 members (excludes halogenated alkanes) is 1. The Morgan fingerprint density at radius 2 is 1.76 bits per heavy atom. The molecule has 1 N–H and O–H groups in total. The summed E-state index contributed by atoms with van der Waals surface area (Å²) in [5.41, 5.74) is 0.637. The fourth-order valence-electron chi connectivity index (χ4n) is 2.76. The summed E-state index contributed by atoms with van der Waals surface area (Å²) in [7, 11) is 2.74. The lowest BCUT2D eigenvalue weighted by Crippen LogP contribution is -2.31. The first-order chi connectivity index (χ1) is 14.0. The largest absolute Gasteiger partial charge is 0.492 e. The van der Waals surface area contributed by atoms with Crippen LogP contribution in [0, 0.1) is 5.92 Å². The second kappa shape index (κ2) is 13.6. The Kier molecular flexibility index (Phi) is 11.5. The predicted octanol–water partition coefficient (Wildman–Crippen LogP) is 3.31. The molecule has 0 amide bonds.